The SMILES string of the molecule is CC1CCc2nc(NC(=S)NCc3ccco3)sc2C1. The molecule has 0 fully saturated rings. The summed E-state index contributed by atoms with van der Waals surface area (Å²) in [5, 5.41) is 7.75. The van der Waals surface area contributed by atoms with E-state index in [9.17, 15) is 0 Å². The molecule has 0 spiro atoms. The summed E-state index contributed by atoms with van der Waals surface area (Å²) < 4.78 is 5.25. The van der Waals surface area contributed by atoms with Crippen molar-refractivity contribution in [2.45, 2.75) is 32.7 Å². The fourth-order valence-electron chi connectivity index (χ4n) is 2.32. The molecule has 1 aliphatic carbocycles. The summed E-state index contributed by atoms with van der Waals surface area (Å²) in [6.45, 7) is 2.88. The lowest BCUT2D eigenvalue weighted by molar-refractivity contribution is 0.502. The number of aromatic nitrogens is 1. The highest BCUT2D eigenvalue weighted by Crippen LogP contribution is 2.31. The van der Waals surface area contributed by atoms with Crippen LogP contribution < -0.4 is 10.6 Å². The minimum Gasteiger partial charge on any atom is -0.467 e. The summed E-state index contributed by atoms with van der Waals surface area (Å²) >= 11 is 6.99. The van der Waals surface area contributed by atoms with E-state index in [0.717, 1.165) is 29.7 Å². The Hall–Kier alpha value is -1.40. The second-order valence-electron chi connectivity index (χ2n) is 5.12. The Morgan fingerprint density at radius 2 is 2.50 bits per heavy atom. The maximum atomic E-state index is 5.28. The molecule has 3 rings (SSSR count). The van der Waals surface area contributed by atoms with Crippen LogP contribution in [0.2, 0.25) is 0 Å². The van der Waals surface area contributed by atoms with Crippen LogP contribution in [0.25, 0.3) is 0 Å². The smallest absolute Gasteiger partial charge is 0.189 e. The summed E-state index contributed by atoms with van der Waals surface area (Å²) in [6.07, 6.45) is 5.11. The van der Waals surface area contributed by atoms with Gasteiger partial charge in [0.05, 0.1) is 18.5 Å². The minimum atomic E-state index is 0.584. The van der Waals surface area contributed by atoms with Crippen molar-refractivity contribution in [2.24, 2.45) is 5.92 Å². The molecule has 1 aliphatic rings. The number of hydrogen-bond acceptors (Lipinski definition) is 4. The highest BCUT2D eigenvalue weighted by atomic mass is 32.1. The molecule has 2 aromatic heterocycles. The predicted octanol–water partition coefficient (Wildman–Crippen LogP) is 3.35. The van der Waals surface area contributed by atoms with Gasteiger partial charge in [-0.1, -0.05) is 6.92 Å². The number of rotatable bonds is 3. The van der Waals surface area contributed by atoms with Crippen molar-refractivity contribution in [3.63, 3.8) is 0 Å². The highest BCUT2D eigenvalue weighted by molar-refractivity contribution is 7.80. The third-order valence-corrected chi connectivity index (χ3v) is 4.69. The van der Waals surface area contributed by atoms with Crippen LogP contribution in [-0.4, -0.2) is 10.1 Å². The molecule has 6 heteroatoms. The van der Waals surface area contributed by atoms with Crippen molar-refractivity contribution in [2.75, 3.05) is 5.32 Å². The number of nitrogens with zero attached hydrogens (tertiary/aromatic N) is 1. The third kappa shape index (κ3) is 3.19. The average molecular weight is 307 g/mol. The maximum Gasteiger partial charge on any atom is 0.189 e. The Bertz CT molecular complexity index is 592. The monoisotopic (exact) mass is 307 g/mol. The second kappa shape index (κ2) is 5.93. The molecule has 0 aromatic carbocycles. The number of anilines is 1. The van der Waals surface area contributed by atoms with Crippen LogP contribution in [0.15, 0.2) is 22.8 Å². The van der Waals surface area contributed by atoms with Gasteiger partial charge in [-0.3, -0.25) is 0 Å². The van der Waals surface area contributed by atoms with E-state index in [-0.39, 0.29) is 0 Å². The Kier molecular flexibility index (Phi) is 4.03. The van der Waals surface area contributed by atoms with Gasteiger partial charge >= 0.3 is 0 Å². The Morgan fingerprint density at radius 3 is 3.30 bits per heavy atom. The first kappa shape index (κ1) is 13.6. The van der Waals surface area contributed by atoms with Crippen LogP contribution in [0.1, 0.15) is 29.7 Å². The number of aryl methyl sites for hydroxylation is 1. The van der Waals surface area contributed by atoms with E-state index in [1.54, 1.807) is 17.6 Å². The molecular weight excluding hydrogens is 290 g/mol. The number of nitrogens with one attached hydrogen (secondary N) is 2. The molecular formula is C14H17N3OS2. The van der Waals surface area contributed by atoms with E-state index in [4.69, 9.17) is 16.6 Å². The van der Waals surface area contributed by atoms with Crippen molar-refractivity contribution in [1.29, 1.82) is 0 Å². The molecule has 0 amide bonds. The Morgan fingerprint density at radius 1 is 1.60 bits per heavy atom. The summed E-state index contributed by atoms with van der Waals surface area (Å²) in [6, 6.07) is 3.78. The van der Waals surface area contributed by atoms with Gasteiger partial charge in [-0.05, 0) is 49.5 Å². The van der Waals surface area contributed by atoms with Crippen molar-refractivity contribution in [3.8, 4) is 0 Å². The second-order valence-corrected chi connectivity index (χ2v) is 6.62. The zero-order chi connectivity index (χ0) is 13.9. The Balaban J connectivity index is 1.56. The van der Waals surface area contributed by atoms with Gasteiger partial charge in [0.2, 0.25) is 0 Å². The van der Waals surface area contributed by atoms with E-state index in [0.29, 0.717) is 11.7 Å². The van der Waals surface area contributed by atoms with Crippen molar-refractivity contribution < 1.29 is 4.42 Å². The molecule has 1 atom stereocenters. The average Bonchev–Trinajstić information content (AvgIpc) is 3.04. The summed E-state index contributed by atoms with van der Waals surface area (Å²) in [4.78, 5) is 6.03. The molecule has 0 radical (unpaired) electrons. The zero-order valence-electron chi connectivity index (χ0n) is 11.3. The highest BCUT2D eigenvalue weighted by Gasteiger charge is 2.19. The van der Waals surface area contributed by atoms with Gasteiger partial charge in [0.15, 0.2) is 10.2 Å². The van der Waals surface area contributed by atoms with Gasteiger partial charge in [-0.25, -0.2) is 4.98 Å². The molecule has 106 valence electrons. The van der Waals surface area contributed by atoms with Crippen molar-refractivity contribution in [3.05, 3.63) is 34.7 Å². The standard InChI is InChI=1S/C14H17N3OS2/c1-9-4-5-11-12(7-9)20-14(16-11)17-13(19)15-8-10-3-2-6-18-10/h2-3,6,9H,4-5,7-8H2,1H3,(H2,15,16,17,19). The first-order chi connectivity index (χ1) is 9.70. The van der Waals surface area contributed by atoms with E-state index in [1.807, 2.05) is 12.1 Å². The van der Waals surface area contributed by atoms with Crippen LogP contribution in [0.5, 0.6) is 0 Å². The van der Waals surface area contributed by atoms with E-state index >= 15 is 0 Å². The van der Waals surface area contributed by atoms with Crippen LogP contribution in [0.3, 0.4) is 0 Å². The van der Waals surface area contributed by atoms with Gasteiger partial charge in [-0.2, -0.15) is 0 Å². The zero-order valence-corrected chi connectivity index (χ0v) is 12.9. The number of thiocarbonyl (C=S) groups is 1. The normalized spacial score (nSPS) is 17.6. The van der Waals surface area contributed by atoms with Gasteiger partial charge in [0.25, 0.3) is 0 Å². The molecule has 0 bridgehead atoms. The van der Waals surface area contributed by atoms with Gasteiger partial charge in [-0.15, -0.1) is 11.3 Å². The van der Waals surface area contributed by atoms with E-state index < -0.39 is 0 Å². The van der Waals surface area contributed by atoms with Crippen LogP contribution >= 0.6 is 23.6 Å². The predicted molar refractivity (Wildman–Crippen MR) is 85.1 cm³/mol. The first-order valence-corrected chi connectivity index (χ1v) is 7.99. The molecule has 0 aliphatic heterocycles. The molecule has 2 heterocycles. The molecule has 2 aromatic rings. The molecule has 20 heavy (non-hydrogen) atoms. The van der Waals surface area contributed by atoms with Gasteiger partial charge < -0.3 is 15.1 Å². The largest absolute Gasteiger partial charge is 0.467 e. The summed E-state index contributed by atoms with van der Waals surface area (Å²) in [5.41, 5.74) is 1.24. The lowest BCUT2D eigenvalue weighted by atomic mass is 9.93. The fraction of sp³-hybridized carbons (Fsp3) is 0.429. The topological polar surface area (TPSA) is 50.1 Å². The molecule has 0 saturated heterocycles. The lowest BCUT2D eigenvalue weighted by Gasteiger charge is -2.15. The molecule has 1 unspecified atom stereocenters. The number of furan rings is 1. The minimum absolute atomic E-state index is 0.584. The number of thiazole rings is 1. The van der Waals surface area contributed by atoms with Crippen LogP contribution in [0, 0.1) is 5.92 Å². The fourth-order valence-corrected chi connectivity index (χ4v) is 3.72. The molecule has 4 nitrogen and oxygen atoms in total. The summed E-state index contributed by atoms with van der Waals surface area (Å²) in [5.74, 6) is 1.63. The van der Waals surface area contributed by atoms with Gasteiger partial charge in [0.1, 0.15) is 5.76 Å². The quantitative estimate of drug-likeness (QED) is 0.852. The first-order valence-electron chi connectivity index (χ1n) is 6.76. The lowest BCUT2D eigenvalue weighted by Crippen LogP contribution is -2.27. The Labute approximate surface area is 127 Å². The van der Waals surface area contributed by atoms with Crippen molar-refractivity contribution >= 4 is 33.8 Å². The van der Waals surface area contributed by atoms with Gasteiger partial charge in [0, 0.05) is 4.88 Å². The third-order valence-electron chi connectivity index (χ3n) is 3.41. The molecule has 0 saturated carbocycles. The van der Waals surface area contributed by atoms with E-state index in [2.05, 4.69) is 22.5 Å². The number of fused-ring (bicyclic) bond motifs is 1. The van der Waals surface area contributed by atoms with Crippen LogP contribution in [-0.2, 0) is 19.4 Å². The van der Waals surface area contributed by atoms with E-state index in [1.165, 1.54) is 17.0 Å². The number of hydrogen-bond donors (Lipinski definition) is 2. The van der Waals surface area contributed by atoms with Crippen molar-refractivity contribution in [1.82, 2.24) is 10.3 Å². The summed E-state index contributed by atoms with van der Waals surface area (Å²) in [7, 11) is 0. The molecule has 2 N–H and O–H groups in total. The maximum absolute atomic E-state index is 5.28. The van der Waals surface area contributed by atoms with Crippen LogP contribution in [0.4, 0.5) is 5.13 Å².